The van der Waals surface area contributed by atoms with Crippen molar-refractivity contribution in [3.05, 3.63) is 101 Å². The molecule has 1 aromatic heterocycles. The number of amides is 1. The molecule has 1 N–H and O–H groups in total. The number of rotatable bonds is 6. The summed E-state index contributed by atoms with van der Waals surface area (Å²) in [6, 6.07) is 21.5. The summed E-state index contributed by atoms with van der Waals surface area (Å²) in [6.45, 7) is 1.84. The zero-order chi connectivity index (χ0) is 23.2. The van der Waals surface area contributed by atoms with Gasteiger partial charge in [0, 0.05) is 11.9 Å². The lowest BCUT2D eigenvalue weighted by atomic mass is 10.0. The second-order valence-electron chi connectivity index (χ2n) is 7.21. The number of hydrogen-bond acceptors (Lipinski definition) is 6. The molecule has 0 aliphatic rings. The Morgan fingerprint density at radius 2 is 1.79 bits per heavy atom. The first-order valence-corrected chi connectivity index (χ1v) is 10.2. The maximum atomic E-state index is 12.8. The Labute approximate surface area is 190 Å². The third-order valence-corrected chi connectivity index (χ3v) is 4.95. The molecule has 7 nitrogen and oxygen atoms in total. The Morgan fingerprint density at radius 3 is 2.58 bits per heavy atom. The molecular weight excluding hydrogens is 418 g/mol. The van der Waals surface area contributed by atoms with Crippen molar-refractivity contribution in [1.82, 2.24) is 10.4 Å². The van der Waals surface area contributed by atoms with Gasteiger partial charge in [-0.2, -0.15) is 5.10 Å². The van der Waals surface area contributed by atoms with E-state index in [2.05, 4.69) is 15.5 Å². The Balaban J connectivity index is 1.47. The van der Waals surface area contributed by atoms with Gasteiger partial charge in [-0.3, -0.25) is 9.78 Å². The van der Waals surface area contributed by atoms with Crippen LogP contribution >= 0.6 is 0 Å². The number of nitrogens with zero attached hydrogens (tertiary/aromatic N) is 2. The molecule has 0 atom stereocenters. The number of methoxy groups -OCH3 is 1. The number of fused-ring (bicyclic) bond motifs is 1. The molecule has 4 aromatic rings. The summed E-state index contributed by atoms with van der Waals surface area (Å²) in [5.41, 5.74) is 4.80. The van der Waals surface area contributed by atoms with E-state index in [-0.39, 0.29) is 11.7 Å². The van der Waals surface area contributed by atoms with Crippen LogP contribution in [0.25, 0.3) is 10.8 Å². The second kappa shape index (κ2) is 9.74. The van der Waals surface area contributed by atoms with Crippen LogP contribution in [-0.2, 0) is 0 Å². The highest BCUT2D eigenvalue weighted by Crippen LogP contribution is 2.29. The van der Waals surface area contributed by atoms with Gasteiger partial charge in [0.1, 0.15) is 0 Å². The van der Waals surface area contributed by atoms with Crippen LogP contribution in [0.15, 0.2) is 84.1 Å². The zero-order valence-corrected chi connectivity index (χ0v) is 18.1. The molecule has 0 saturated carbocycles. The number of carbonyl (C=O) groups excluding carboxylic acids is 2. The minimum absolute atomic E-state index is 0.280. The van der Waals surface area contributed by atoms with Crippen molar-refractivity contribution in [3.8, 4) is 11.5 Å². The largest absolute Gasteiger partial charge is 0.493 e. The number of ether oxygens (including phenoxy) is 2. The molecule has 0 saturated heterocycles. The van der Waals surface area contributed by atoms with Crippen molar-refractivity contribution in [2.75, 3.05) is 7.11 Å². The van der Waals surface area contributed by atoms with E-state index in [0.29, 0.717) is 22.4 Å². The molecule has 1 heterocycles. The molecule has 4 rings (SSSR count). The fraction of sp³-hybridized carbons (Fsp3) is 0.0769. The number of pyridine rings is 1. The molecule has 0 fully saturated rings. The molecule has 0 spiro atoms. The second-order valence-corrected chi connectivity index (χ2v) is 7.21. The minimum atomic E-state index is -0.481. The molecule has 0 aliphatic carbocycles. The maximum Gasteiger partial charge on any atom is 0.344 e. The van der Waals surface area contributed by atoms with E-state index < -0.39 is 5.97 Å². The number of nitrogens with one attached hydrogen (secondary N) is 1. The van der Waals surface area contributed by atoms with Crippen LogP contribution in [0.1, 0.15) is 32.0 Å². The molecule has 0 unspecified atom stereocenters. The Bertz CT molecular complexity index is 1340. The summed E-state index contributed by atoms with van der Waals surface area (Å²) in [5, 5.41) is 5.74. The minimum Gasteiger partial charge on any atom is -0.493 e. The number of benzene rings is 3. The van der Waals surface area contributed by atoms with Crippen molar-refractivity contribution >= 4 is 28.9 Å². The van der Waals surface area contributed by atoms with Gasteiger partial charge in [-0.1, -0.05) is 36.4 Å². The topological polar surface area (TPSA) is 89.9 Å². The molecular formula is C26H21N3O4. The van der Waals surface area contributed by atoms with Crippen LogP contribution in [0.4, 0.5) is 0 Å². The van der Waals surface area contributed by atoms with Crippen LogP contribution in [0, 0.1) is 6.92 Å². The van der Waals surface area contributed by atoms with E-state index in [4.69, 9.17) is 9.47 Å². The van der Waals surface area contributed by atoms with Gasteiger partial charge >= 0.3 is 5.97 Å². The third-order valence-electron chi connectivity index (χ3n) is 4.95. The van der Waals surface area contributed by atoms with Crippen molar-refractivity contribution in [2.45, 2.75) is 6.92 Å². The summed E-state index contributed by atoms with van der Waals surface area (Å²) in [6.07, 6.45) is 2.96. The van der Waals surface area contributed by atoms with Crippen molar-refractivity contribution in [2.24, 2.45) is 5.10 Å². The summed E-state index contributed by atoms with van der Waals surface area (Å²) < 4.78 is 11.0. The molecule has 0 bridgehead atoms. The first-order chi connectivity index (χ1) is 16.0. The van der Waals surface area contributed by atoms with Crippen LogP contribution in [0.2, 0.25) is 0 Å². The molecule has 0 radical (unpaired) electrons. The van der Waals surface area contributed by atoms with Gasteiger partial charge in [-0.05, 0) is 59.7 Å². The SMILES string of the molecule is COc1cc(/C=N/NC(=O)c2ccc(C)nc2)ccc1OC(=O)c1cccc2ccccc12. The number of carbonyl (C=O) groups is 2. The highest BCUT2D eigenvalue weighted by molar-refractivity contribution is 6.05. The summed E-state index contributed by atoms with van der Waals surface area (Å²) in [7, 11) is 1.48. The number of esters is 1. The standard InChI is InChI=1S/C26H21N3O4/c1-17-10-12-20(16-27-17)25(30)29-28-15-18-11-13-23(24(14-18)32-2)33-26(31)22-9-5-7-19-6-3-4-8-21(19)22/h3-16H,1-2H3,(H,29,30)/b28-15+. The van der Waals surface area contributed by atoms with Gasteiger partial charge in [0.2, 0.25) is 0 Å². The molecule has 0 aliphatic heterocycles. The van der Waals surface area contributed by atoms with Gasteiger partial charge in [0.25, 0.3) is 5.91 Å². The molecule has 3 aromatic carbocycles. The van der Waals surface area contributed by atoms with Gasteiger partial charge < -0.3 is 9.47 Å². The number of aryl methyl sites for hydroxylation is 1. The van der Waals surface area contributed by atoms with Gasteiger partial charge in [0.05, 0.1) is 24.5 Å². The summed E-state index contributed by atoms with van der Waals surface area (Å²) in [5.74, 6) is -0.208. The fourth-order valence-electron chi connectivity index (χ4n) is 3.24. The predicted molar refractivity (Wildman–Crippen MR) is 126 cm³/mol. The highest BCUT2D eigenvalue weighted by Gasteiger charge is 2.15. The number of hydrogen-bond donors (Lipinski definition) is 1. The highest BCUT2D eigenvalue weighted by atomic mass is 16.6. The molecule has 1 amide bonds. The number of hydrazone groups is 1. The van der Waals surface area contributed by atoms with Crippen LogP contribution in [0.3, 0.4) is 0 Å². The summed E-state index contributed by atoms with van der Waals surface area (Å²) in [4.78, 5) is 29.0. The quantitative estimate of drug-likeness (QED) is 0.206. The molecule has 33 heavy (non-hydrogen) atoms. The van der Waals surface area contributed by atoms with E-state index in [1.807, 2.05) is 43.3 Å². The maximum absolute atomic E-state index is 12.8. The lowest BCUT2D eigenvalue weighted by Gasteiger charge is -2.11. The molecule has 7 heteroatoms. The van der Waals surface area contributed by atoms with Crippen molar-refractivity contribution in [3.63, 3.8) is 0 Å². The van der Waals surface area contributed by atoms with E-state index in [9.17, 15) is 9.59 Å². The third kappa shape index (κ3) is 5.04. The average Bonchev–Trinajstić information content (AvgIpc) is 2.84. The predicted octanol–water partition coefficient (Wildman–Crippen LogP) is 4.53. The Morgan fingerprint density at radius 1 is 0.970 bits per heavy atom. The lowest BCUT2D eigenvalue weighted by molar-refractivity contribution is 0.0731. The monoisotopic (exact) mass is 439 g/mol. The van der Waals surface area contributed by atoms with Gasteiger partial charge in [-0.25, -0.2) is 10.2 Å². The fourth-order valence-corrected chi connectivity index (χ4v) is 3.24. The zero-order valence-electron chi connectivity index (χ0n) is 18.1. The van der Waals surface area contributed by atoms with E-state index >= 15 is 0 Å². The average molecular weight is 439 g/mol. The van der Waals surface area contributed by atoms with Gasteiger partial charge in [0.15, 0.2) is 11.5 Å². The lowest BCUT2D eigenvalue weighted by Crippen LogP contribution is -2.17. The van der Waals surface area contributed by atoms with Crippen LogP contribution in [0.5, 0.6) is 11.5 Å². The first kappa shape index (κ1) is 21.7. The smallest absolute Gasteiger partial charge is 0.344 e. The first-order valence-electron chi connectivity index (χ1n) is 10.2. The van der Waals surface area contributed by atoms with Gasteiger partial charge in [-0.15, -0.1) is 0 Å². The normalized spacial score (nSPS) is 10.8. The Hall–Kier alpha value is -4.52. The van der Waals surface area contributed by atoms with Crippen LogP contribution < -0.4 is 14.9 Å². The Kier molecular flexibility index (Phi) is 6.40. The molecule has 164 valence electrons. The number of aromatic nitrogens is 1. The van der Waals surface area contributed by atoms with Crippen LogP contribution in [-0.4, -0.2) is 30.2 Å². The summed E-state index contributed by atoms with van der Waals surface area (Å²) >= 11 is 0. The van der Waals surface area contributed by atoms with E-state index in [1.165, 1.54) is 19.5 Å². The van der Waals surface area contributed by atoms with Crippen molar-refractivity contribution in [1.29, 1.82) is 0 Å². The van der Waals surface area contributed by atoms with Crippen molar-refractivity contribution < 1.29 is 19.1 Å². The van der Waals surface area contributed by atoms with E-state index in [1.54, 1.807) is 36.4 Å². The van der Waals surface area contributed by atoms with E-state index in [0.717, 1.165) is 16.5 Å².